The lowest BCUT2D eigenvalue weighted by molar-refractivity contribution is 0.0997. The summed E-state index contributed by atoms with van der Waals surface area (Å²) in [4.78, 5) is 29.0. The number of hydrogen-bond acceptors (Lipinski definition) is 4. The third-order valence-electron chi connectivity index (χ3n) is 4.54. The fourth-order valence-corrected chi connectivity index (χ4v) is 4.33. The highest BCUT2D eigenvalue weighted by molar-refractivity contribution is 8.04. The monoisotopic (exact) mass is 435 g/mol. The number of ketones is 1. The maximum Gasteiger partial charge on any atom is 0.262 e. The molecule has 1 amide bonds. The van der Waals surface area contributed by atoms with Gasteiger partial charge in [-0.2, -0.15) is 0 Å². The van der Waals surface area contributed by atoms with Crippen molar-refractivity contribution in [3.8, 4) is 5.75 Å². The van der Waals surface area contributed by atoms with Gasteiger partial charge in [0, 0.05) is 32.9 Å². The molecule has 0 unspecified atom stereocenters. The van der Waals surface area contributed by atoms with Crippen LogP contribution < -0.4 is 9.64 Å². The van der Waals surface area contributed by atoms with Crippen LogP contribution in [0.15, 0.2) is 88.8 Å². The Hall–Kier alpha value is -3.02. The Morgan fingerprint density at radius 2 is 1.83 bits per heavy atom. The zero-order valence-corrected chi connectivity index (χ0v) is 17.7. The second-order valence-corrected chi connectivity index (χ2v) is 8.05. The molecular weight excluding hydrogens is 418 g/mol. The summed E-state index contributed by atoms with van der Waals surface area (Å²) in [5.41, 5.74) is 1.71. The number of anilines is 1. The second-order valence-electron chi connectivity index (χ2n) is 6.53. The van der Waals surface area contributed by atoms with Gasteiger partial charge >= 0.3 is 0 Å². The third-order valence-corrected chi connectivity index (χ3v) is 5.86. The lowest BCUT2D eigenvalue weighted by atomic mass is 10.1. The van der Waals surface area contributed by atoms with Crippen molar-refractivity contribution in [1.29, 1.82) is 0 Å². The minimum absolute atomic E-state index is 0.0922. The van der Waals surface area contributed by atoms with Gasteiger partial charge in [0.05, 0.1) is 11.5 Å². The topological polar surface area (TPSA) is 46.6 Å². The van der Waals surface area contributed by atoms with Gasteiger partial charge in [-0.3, -0.25) is 14.5 Å². The van der Waals surface area contributed by atoms with E-state index in [1.54, 1.807) is 60.8 Å². The van der Waals surface area contributed by atoms with E-state index in [2.05, 4.69) is 0 Å². The molecule has 0 saturated heterocycles. The number of nitrogens with zero attached hydrogens (tertiary/aromatic N) is 1. The molecule has 0 aliphatic carbocycles. The SMILES string of the molecule is CCOc1ccc(N(C=C2Sc3ccccc3C2=O)C(=O)c2cccc(Cl)c2)cc1. The van der Waals surface area contributed by atoms with Crippen LogP contribution in [0.25, 0.3) is 0 Å². The summed E-state index contributed by atoms with van der Waals surface area (Å²) < 4.78 is 5.50. The maximum absolute atomic E-state index is 13.3. The molecule has 1 heterocycles. The van der Waals surface area contributed by atoms with Crippen molar-refractivity contribution >= 4 is 40.7 Å². The van der Waals surface area contributed by atoms with Crippen LogP contribution in [0.1, 0.15) is 27.6 Å². The van der Waals surface area contributed by atoms with Gasteiger partial charge in [0.15, 0.2) is 0 Å². The average molecular weight is 436 g/mol. The van der Waals surface area contributed by atoms with Crippen molar-refractivity contribution in [2.45, 2.75) is 11.8 Å². The second kappa shape index (κ2) is 8.78. The van der Waals surface area contributed by atoms with E-state index in [0.29, 0.717) is 39.1 Å². The van der Waals surface area contributed by atoms with Gasteiger partial charge in [-0.1, -0.05) is 41.6 Å². The smallest absolute Gasteiger partial charge is 0.262 e. The van der Waals surface area contributed by atoms with Crippen LogP contribution in [-0.2, 0) is 0 Å². The predicted octanol–water partition coefficient (Wildman–Crippen LogP) is 6.22. The Morgan fingerprint density at radius 3 is 2.53 bits per heavy atom. The van der Waals surface area contributed by atoms with Gasteiger partial charge in [0.2, 0.25) is 5.78 Å². The first-order valence-electron chi connectivity index (χ1n) is 9.42. The number of rotatable bonds is 5. The molecule has 3 aromatic rings. The van der Waals surface area contributed by atoms with E-state index in [4.69, 9.17) is 16.3 Å². The molecular formula is C24H18ClNO3S. The fourth-order valence-electron chi connectivity index (χ4n) is 3.12. The number of amides is 1. The van der Waals surface area contributed by atoms with E-state index in [1.807, 2.05) is 25.1 Å². The molecule has 0 fully saturated rings. The lowest BCUT2D eigenvalue weighted by Crippen LogP contribution is -2.26. The summed E-state index contributed by atoms with van der Waals surface area (Å²) >= 11 is 7.45. The lowest BCUT2D eigenvalue weighted by Gasteiger charge is -2.20. The third kappa shape index (κ3) is 4.13. The predicted molar refractivity (Wildman–Crippen MR) is 121 cm³/mol. The molecule has 150 valence electrons. The molecule has 0 N–H and O–H groups in total. The molecule has 0 radical (unpaired) electrons. The quantitative estimate of drug-likeness (QED) is 0.446. The Kier molecular flexibility index (Phi) is 5.93. The summed E-state index contributed by atoms with van der Waals surface area (Å²) in [5.74, 6) is 0.340. The molecule has 0 atom stereocenters. The summed E-state index contributed by atoms with van der Waals surface area (Å²) in [5, 5.41) is 0.471. The van der Waals surface area contributed by atoms with Crippen molar-refractivity contribution in [3.63, 3.8) is 0 Å². The first-order chi connectivity index (χ1) is 14.6. The molecule has 0 spiro atoms. The Bertz CT molecular complexity index is 1140. The number of Topliss-reactive ketones (excluding diaryl/α,β-unsaturated/α-hetero) is 1. The van der Waals surface area contributed by atoms with E-state index in [0.717, 1.165) is 4.90 Å². The number of benzene rings is 3. The van der Waals surface area contributed by atoms with Crippen LogP contribution in [0.5, 0.6) is 5.75 Å². The minimum atomic E-state index is -0.279. The van der Waals surface area contributed by atoms with E-state index >= 15 is 0 Å². The molecule has 1 aliphatic rings. The summed E-state index contributed by atoms with van der Waals surface area (Å²) in [6.07, 6.45) is 1.60. The van der Waals surface area contributed by atoms with E-state index in [1.165, 1.54) is 16.7 Å². The highest BCUT2D eigenvalue weighted by atomic mass is 35.5. The van der Waals surface area contributed by atoms with Crippen LogP contribution >= 0.6 is 23.4 Å². The van der Waals surface area contributed by atoms with Gasteiger partial charge in [-0.15, -0.1) is 0 Å². The fraction of sp³-hybridized carbons (Fsp3) is 0.0833. The van der Waals surface area contributed by atoms with Crippen LogP contribution in [-0.4, -0.2) is 18.3 Å². The van der Waals surface area contributed by atoms with Gasteiger partial charge in [-0.05, 0) is 61.5 Å². The minimum Gasteiger partial charge on any atom is -0.494 e. The number of allylic oxidation sites excluding steroid dienone is 1. The standard InChI is InChI=1S/C24H18ClNO3S/c1-2-29-19-12-10-18(11-13-19)26(24(28)16-6-5-7-17(25)14-16)15-22-23(27)20-8-3-4-9-21(20)30-22/h3-15H,2H2,1H3. The average Bonchev–Trinajstić information content (AvgIpc) is 3.08. The van der Waals surface area contributed by atoms with Gasteiger partial charge in [0.1, 0.15) is 5.75 Å². The maximum atomic E-state index is 13.3. The number of thioether (sulfide) groups is 1. The van der Waals surface area contributed by atoms with E-state index in [9.17, 15) is 9.59 Å². The molecule has 4 rings (SSSR count). The Morgan fingerprint density at radius 1 is 1.07 bits per heavy atom. The Labute approximate surface area is 184 Å². The molecule has 6 heteroatoms. The highest BCUT2D eigenvalue weighted by Gasteiger charge is 2.28. The number of ether oxygens (including phenoxy) is 1. The first kappa shape index (κ1) is 20.3. The zero-order valence-electron chi connectivity index (χ0n) is 16.2. The van der Waals surface area contributed by atoms with Gasteiger partial charge in [0.25, 0.3) is 5.91 Å². The van der Waals surface area contributed by atoms with Gasteiger partial charge in [-0.25, -0.2) is 0 Å². The van der Waals surface area contributed by atoms with E-state index in [-0.39, 0.29) is 11.7 Å². The first-order valence-corrected chi connectivity index (χ1v) is 10.6. The Balaban J connectivity index is 1.74. The van der Waals surface area contributed by atoms with Crippen LogP contribution in [0.2, 0.25) is 5.02 Å². The number of carbonyl (C=O) groups excluding carboxylic acids is 2. The van der Waals surface area contributed by atoms with Crippen molar-refractivity contribution in [2.24, 2.45) is 0 Å². The van der Waals surface area contributed by atoms with Crippen molar-refractivity contribution in [2.75, 3.05) is 11.5 Å². The molecule has 4 nitrogen and oxygen atoms in total. The van der Waals surface area contributed by atoms with Crippen LogP contribution in [0.4, 0.5) is 5.69 Å². The van der Waals surface area contributed by atoms with Crippen molar-refractivity contribution < 1.29 is 14.3 Å². The summed E-state index contributed by atoms with van der Waals surface area (Å²) in [6.45, 7) is 2.46. The zero-order chi connectivity index (χ0) is 21.1. The highest BCUT2D eigenvalue weighted by Crippen LogP contribution is 2.40. The van der Waals surface area contributed by atoms with Crippen LogP contribution in [0.3, 0.4) is 0 Å². The molecule has 3 aromatic carbocycles. The normalized spacial score (nSPS) is 13.9. The number of carbonyl (C=O) groups is 2. The molecule has 0 aromatic heterocycles. The number of fused-ring (bicyclic) bond motifs is 1. The summed E-state index contributed by atoms with van der Waals surface area (Å²) in [6, 6.07) is 21.4. The largest absolute Gasteiger partial charge is 0.494 e. The molecule has 1 aliphatic heterocycles. The molecule has 0 saturated carbocycles. The molecule has 0 bridgehead atoms. The van der Waals surface area contributed by atoms with Crippen molar-refractivity contribution in [1.82, 2.24) is 0 Å². The number of hydrogen-bond donors (Lipinski definition) is 0. The number of halogens is 1. The van der Waals surface area contributed by atoms with Crippen molar-refractivity contribution in [3.05, 3.63) is 100 Å². The molecule has 30 heavy (non-hydrogen) atoms. The summed E-state index contributed by atoms with van der Waals surface area (Å²) in [7, 11) is 0. The van der Waals surface area contributed by atoms with Gasteiger partial charge < -0.3 is 4.74 Å². The van der Waals surface area contributed by atoms with Crippen LogP contribution in [0, 0.1) is 0 Å². The van der Waals surface area contributed by atoms with E-state index < -0.39 is 0 Å².